The number of Topliss-reactive ketones (excluding diaryl/α,β-unsaturated/α-hetero) is 1. The fourth-order valence-corrected chi connectivity index (χ4v) is 1.39. The van der Waals surface area contributed by atoms with Gasteiger partial charge in [-0.2, -0.15) is 0 Å². The lowest BCUT2D eigenvalue weighted by atomic mass is 10.0. The van der Waals surface area contributed by atoms with Crippen LogP contribution < -0.4 is 9.47 Å². The van der Waals surface area contributed by atoms with Crippen LogP contribution in [0.1, 0.15) is 23.7 Å². The van der Waals surface area contributed by atoms with E-state index >= 15 is 0 Å². The molecule has 0 unspecified atom stereocenters. The molecule has 1 aromatic rings. The first-order chi connectivity index (χ1) is 7.58. The van der Waals surface area contributed by atoms with Gasteiger partial charge in [-0.1, -0.05) is 12.2 Å². The minimum absolute atomic E-state index is 0.0356. The zero-order valence-corrected chi connectivity index (χ0v) is 9.87. The molecule has 0 aliphatic rings. The van der Waals surface area contributed by atoms with E-state index in [-0.39, 0.29) is 5.78 Å². The van der Waals surface area contributed by atoms with Crippen LogP contribution in [-0.4, -0.2) is 20.0 Å². The first kappa shape index (κ1) is 12.3. The Hall–Kier alpha value is -1.77. The molecule has 0 aromatic heterocycles. The monoisotopic (exact) mass is 220 g/mol. The van der Waals surface area contributed by atoms with Gasteiger partial charge in [-0.3, -0.25) is 4.79 Å². The van der Waals surface area contributed by atoms with Crippen LogP contribution in [0.15, 0.2) is 30.4 Å². The second-order valence-corrected chi connectivity index (χ2v) is 3.63. The third-order valence-electron chi connectivity index (χ3n) is 2.17. The van der Waals surface area contributed by atoms with Crippen molar-refractivity contribution in [2.45, 2.75) is 13.3 Å². The lowest BCUT2D eigenvalue weighted by Gasteiger charge is -2.08. The number of ketones is 1. The zero-order chi connectivity index (χ0) is 12.1. The smallest absolute Gasteiger partial charge is 0.167 e. The lowest BCUT2D eigenvalue weighted by molar-refractivity contribution is 0.0993. The summed E-state index contributed by atoms with van der Waals surface area (Å²) in [5.41, 5.74) is 1.46. The van der Waals surface area contributed by atoms with Crippen molar-refractivity contribution >= 4 is 5.78 Å². The van der Waals surface area contributed by atoms with E-state index < -0.39 is 0 Å². The number of methoxy groups -OCH3 is 2. The highest BCUT2D eigenvalue weighted by molar-refractivity contribution is 5.98. The minimum Gasteiger partial charge on any atom is -0.493 e. The van der Waals surface area contributed by atoms with Crippen molar-refractivity contribution in [3.8, 4) is 11.5 Å². The van der Waals surface area contributed by atoms with Gasteiger partial charge in [0.1, 0.15) is 0 Å². The molecular weight excluding hydrogens is 204 g/mol. The second-order valence-electron chi connectivity index (χ2n) is 3.63. The quantitative estimate of drug-likeness (QED) is 0.565. The Morgan fingerprint density at radius 1 is 1.25 bits per heavy atom. The van der Waals surface area contributed by atoms with Crippen LogP contribution in [-0.2, 0) is 0 Å². The first-order valence-corrected chi connectivity index (χ1v) is 4.98. The van der Waals surface area contributed by atoms with E-state index in [1.165, 1.54) is 0 Å². The van der Waals surface area contributed by atoms with Crippen molar-refractivity contribution in [2.75, 3.05) is 14.2 Å². The highest BCUT2D eigenvalue weighted by Crippen LogP contribution is 2.28. The highest BCUT2D eigenvalue weighted by atomic mass is 16.5. The Kier molecular flexibility index (Phi) is 4.11. The molecule has 0 amide bonds. The summed E-state index contributed by atoms with van der Waals surface area (Å²) < 4.78 is 10.2. The van der Waals surface area contributed by atoms with E-state index in [1.807, 2.05) is 6.92 Å². The summed E-state index contributed by atoms with van der Waals surface area (Å²) in [5, 5.41) is 0. The van der Waals surface area contributed by atoms with E-state index in [4.69, 9.17) is 9.47 Å². The van der Waals surface area contributed by atoms with Crippen LogP contribution in [0.4, 0.5) is 0 Å². The Morgan fingerprint density at radius 3 is 2.38 bits per heavy atom. The number of rotatable bonds is 5. The average Bonchev–Trinajstić information content (AvgIpc) is 2.27. The van der Waals surface area contributed by atoms with E-state index in [0.29, 0.717) is 23.5 Å². The van der Waals surface area contributed by atoms with E-state index in [9.17, 15) is 4.79 Å². The van der Waals surface area contributed by atoms with Crippen molar-refractivity contribution in [1.29, 1.82) is 0 Å². The molecule has 86 valence electrons. The summed E-state index contributed by atoms with van der Waals surface area (Å²) in [6, 6.07) is 5.14. The van der Waals surface area contributed by atoms with E-state index in [2.05, 4.69) is 6.58 Å². The molecule has 0 atom stereocenters. The predicted octanol–water partition coefficient (Wildman–Crippen LogP) is 2.85. The maximum atomic E-state index is 11.8. The molecule has 1 rings (SSSR count). The van der Waals surface area contributed by atoms with Gasteiger partial charge in [0, 0.05) is 12.0 Å². The van der Waals surface area contributed by atoms with Gasteiger partial charge in [0.2, 0.25) is 0 Å². The standard InChI is InChI=1S/C13H16O3/c1-9(2)7-11(14)10-5-6-12(15-3)13(8-10)16-4/h5-6,8H,1,7H2,2-4H3. The number of benzene rings is 1. The number of hydrogen-bond acceptors (Lipinski definition) is 3. The molecule has 0 aliphatic carbocycles. The Balaban J connectivity index is 2.98. The number of allylic oxidation sites excluding steroid dienone is 1. The number of ether oxygens (including phenoxy) is 2. The number of carbonyl (C=O) groups excluding carboxylic acids is 1. The molecule has 0 radical (unpaired) electrons. The molecule has 16 heavy (non-hydrogen) atoms. The minimum atomic E-state index is 0.0356. The van der Waals surface area contributed by atoms with Crippen LogP contribution in [0, 0.1) is 0 Å². The van der Waals surface area contributed by atoms with E-state index in [0.717, 1.165) is 5.57 Å². The Bertz CT molecular complexity index is 408. The predicted molar refractivity (Wildman–Crippen MR) is 63.3 cm³/mol. The molecule has 3 nitrogen and oxygen atoms in total. The van der Waals surface area contributed by atoms with Gasteiger partial charge in [-0.25, -0.2) is 0 Å². The molecule has 3 heteroatoms. The molecular formula is C13H16O3. The first-order valence-electron chi connectivity index (χ1n) is 4.98. The van der Waals surface area contributed by atoms with Crippen LogP contribution in [0.5, 0.6) is 11.5 Å². The van der Waals surface area contributed by atoms with Crippen LogP contribution in [0.2, 0.25) is 0 Å². The number of carbonyl (C=O) groups is 1. The summed E-state index contributed by atoms with van der Waals surface area (Å²) in [7, 11) is 3.11. The maximum absolute atomic E-state index is 11.8. The van der Waals surface area contributed by atoms with E-state index in [1.54, 1.807) is 32.4 Å². The topological polar surface area (TPSA) is 35.5 Å². The summed E-state index contributed by atoms with van der Waals surface area (Å²) >= 11 is 0. The largest absolute Gasteiger partial charge is 0.493 e. The fraction of sp³-hybridized carbons (Fsp3) is 0.308. The highest BCUT2D eigenvalue weighted by Gasteiger charge is 2.10. The molecule has 1 aromatic carbocycles. The molecule has 0 aliphatic heterocycles. The summed E-state index contributed by atoms with van der Waals surface area (Å²) in [5.74, 6) is 1.22. The van der Waals surface area contributed by atoms with Gasteiger partial charge in [-0.15, -0.1) is 0 Å². The third kappa shape index (κ3) is 2.86. The van der Waals surface area contributed by atoms with Crippen molar-refractivity contribution in [3.63, 3.8) is 0 Å². The van der Waals surface area contributed by atoms with Gasteiger partial charge in [-0.05, 0) is 25.1 Å². The van der Waals surface area contributed by atoms with Crippen LogP contribution in [0.3, 0.4) is 0 Å². The fourth-order valence-electron chi connectivity index (χ4n) is 1.39. The van der Waals surface area contributed by atoms with Crippen LogP contribution >= 0.6 is 0 Å². The van der Waals surface area contributed by atoms with Crippen LogP contribution in [0.25, 0.3) is 0 Å². The van der Waals surface area contributed by atoms with Crippen molar-refractivity contribution in [2.24, 2.45) is 0 Å². The second kappa shape index (κ2) is 5.35. The van der Waals surface area contributed by atoms with Gasteiger partial charge in [0.25, 0.3) is 0 Å². The maximum Gasteiger partial charge on any atom is 0.167 e. The summed E-state index contributed by atoms with van der Waals surface area (Å²) in [4.78, 5) is 11.8. The van der Waals surface area contributed by atoms with Gasteiger partial charge >= 0.3 is 0 Å². The van der Waals surface area contributed by atoms with Crippen molar-refractivity contribution in [3.05, 3.63) is 35.9 Å². The third-order valence-corrected chi connectivity index (χ3v) is 2.17. The van der Waals surface area contributed by atoms with Gasteiger partial charge in [0.15, 0.2) is 17.3 Å². The normalized spacial score (nSPS) is 9.69. The summed E-state index contributed by atoms with van der Waals surface area (Å²) in [6.07, 6.45) is 0.357. The molecule has 0 N–H and O–H groups in total. The molecule has 0 spiro atoms. The molecule has 0 fully saturated rings. The zero-order valence-electron chi connectivity index (χ0n) is 9.87. The molecule has 0 bridgehead atoms. The average molecular weight is 220 g/mol. The van der Waals surface area contributed by atoms with Crippen molar-refractivity contribution < 1.29 is 14.3 Å². The summed E-state index contributed by atoms with van der Waals surface area (Å²) in [6.45, 7) is 5.55. The Labute approximate surface area is 95.7 Å². The molecule has 0 saturated carbocycles. The van der Waals surface area contributed by atoms with Crippen molar-refractivity contribution in [1.82, 2.24) is 0 Å². The Morgan fingerprint density at radius 2 is 1.88 bits per heavy atom. The SMILES string of the molecule is C=C(C)CC(=O)c1ccc(OC)c(OC)c1. The molecule has 0 heterocycles. The lowest BCUT2D eigenvalue weighted by Crippen LogP contribution is -2.00. The molecule has 0 saturated heterocycles. The van der Waals surface area contributed by atoms with Gasteiger partial charge < -0.3 is 9.47 Å². The number of hydrogen-bond donors (Lipinski definition) is 0. The van der Waals surface area contributed by atoms with Gasteiger partial charge in [0.05, 0.1) is 14.2 Å².